The lowest BCUT2D eigenvalue weighted by molar-refractivity contribution is -0.158. The van der Waals surface area contributed by atoms with Gasteiger partial charge in [0.15, 0.2) is 12.3 Å². The van der Waals surface area contributed by atoms with E-state index in [0.717, 1.165) is 4.57 Å². The number of aliphatic hydroxyl groups is 1. The lowest BCUT2D eigenvalue weighted by Gasteiger charge is -2.20. The molecule has 1 aliphatic rings. The normalized spacial score (nSPS) is 25.6. The maximum absolute atomic E-state index is 12.1. The summed E-state index contributed by atoms with van der Waals surface area (Å²) < 4.78 is 16.8. The Morgan fingerprint density at radius 3 is 2.76 bits per heavy atom. The smallest absolute Gasteiger partial charge is 0.351 e. The van der Waals surface area contributed by atoms with Crippen LogP contribution in [0.2, 0.25) is 0 Å². The lowest BCUT2D eigenvalue weighted by Crippen LogP contribution is -2.39. The summed E-state index contributed by atoms with van der Waals surface area (Å²) in [5, 5.41) is 10.5. The van der Waals surface area contributed by atoms with E-state index in [9.17, 15) is 19.5 Å². The van der Waals surface area contributed by atoms with Crippen LogP contribution in [-0.4, -0.2) is 51.5 Å². The van der Waals surface area contributed by atoms with E-state index >= 15 is 0 Å². The van der Waals surface area contributed by atoms with Gasteiger partial charge in [-0.15, -0.1) is 0 Å². The monoisotopic (exact) mass is 355 g/mol. The number of hydrogen-bond acceptors (Lipinski definition) is 9. The van der Waals surface area contributed by atoms with Crippen LogP contribution in [-0.2, 0) is 23.8 Å². The Labute approximate surface area is 143 Å². The van der Waals surface area contributed by atoms with Gasteiger partial charge in [-0.1, -0.05) is 6.92 Å². The van der Waals surface area contributed by atoms with Crippen LogP contribution in [0.5, 0.6) is 0 Å². The highest BCUT2D eigenvalue weighted by atomic mass is 16.6. The Hall–Kier alpha value is -2.46. The van der Waals surface area contributed by atoms with Crippen LogP contribution in [0.4, 0.5) is 5.82 Å². The van der Waals surface area contributed by atoms with Crippen LogP contribution in [0.1, 0.15) is 32.1 Å². The molecule has 0 aromatic carbocycles. The second-order valence-electron chi connectivity index (χ2n) is 5.67. The minimum absolute atomic E-state index is 0.0682. The van der Waals surface area contributed by atoms with E-state index in [0.29, 0.717) is 5.56 Å². The van der Waals surface area contributed by atoms with Crippen LogP contribution >= 0.6 is 0 Å². The first-order chi connectivity index (χ1) is 11.7. The largest absolute Gasteiger partial charge is 0.463 e. The molecule has 0 bridgehead atoms. The molecule has 0 unspecified atom stereocenters. The number of esters is 2. The van der Waals surface area contributed by atoms with Crippen molar-refractivity contribution >= 4 is 17.8 Å². The van der Waals surface area contributed by atoms with Crippen molar-refractivity contribution in [3.8, 4) is 0 Å². The Kier molecular flexibility index (Phi) is 5.75. The maximum Gasteiger partial charge on any atom is 0.351 e. The van der Waals surface area contributed by atoms with Crippen LogP contribution in [0, 0.1) is 6.92 Å². The molecule has 0 aliphatic carbocycles. The third kappa shape index (κ3) is 4.15. The molecule has 2 heterocycles. The molecule has 1 aromatic heterocycles. The van der Waals surface area contributed by atoms with E-state index in [1.165, 1.54) is 13.1 Å². The van der Waals surface area contributed by atoms with E-state index in [-0.39, 0.29) is 18.8 Å². The Balaban J connectivity index is 2.28. The zero-order valence-electron chi connectivity index (χ0n) is 14.2. The van der Waals surface area contributed by atoms with Crippen LogP contribution in [0.15, 0.2) is 11.0 Å². The number of ether oxygens (including phenoxy) is 3. The number of aryl methyl sites for hydroxylation is 1. The number of rotatable bonds is 5. The van der Waals surface area contributed by atoms with Crippen LogP contribution in [0.3, 0.4) is 0 Å². The van der Waals surface area contributed by atoms with Crippen molar-refractivity contribution in [1.29, 1.82) is 0 Å². The quantitative estimate of drug-likeness (QED) is 0.654. The molecule has 10 nitrogen and oxygen atoms in total. The molecule has 1 fully saturated rings. The number of anilines is 1. The first kappa shape index (κ1) is 18.9. The van der Waals surface area contributed by atoms with Crippen molar-refractivity contribution < 1.29 is 28.9 Å². The van der Waals surface area contributed by atoms with Gasteiger partial charge in [0.2, 0.25) is 0 Å². The zero-order chi connectivity index (χ0) is 18.7. The topological polar surface area (TPSA) is 143 Å². The third-order valence-electron chi connectivity index (χ3n) is 3.76. The van der Waals surface area contributed by atoms with Crippen molar-refractivity contribution in [2.45, 2.75) is 51.7 Å². The fourth-order valence-electron chi connectivity index (χ4n) is 2.46. The summed E-state index contributed by atoms with van der Waals surface area (Å²) >= 11 is 0. The number of nitrogen functional groups attached to an aromatic ring is 1. The summed E-state index contributed by atoms with van der Waals surface area (Å²) in [6, 6.07) is 0. The molecule has 0 spiro atoms. The second kappa shape index (κ2) is 7.62. The number of carbonyl (C=O) groups is 2. The van der Waals surface area contributed by atoms with E-state index in [1.54, 1.807) is 13.8 Å². The van der Waals surface area contributed by atoms with E-state index in [4.69, 9.17) is 19.9 Å². The molecule has 10 heteroatoms. The van der Waals surface area contributed by atoms with Gasteiger partial charge in [-0.2, -0.15) is 4.98 Å². The first-order valence-electron chi connectivity index (χ1n) is 7.76. The number of aliphatic hydroxyl groups excluding tert-OH is 1. The maximum atomic E-state index is 12.1. The molecule has 1 aliphatic heterocycles. The van der Waals surface area contributed by atoms with Gasteiger partial charge >= 0.3 is 17.6 Å². The van der Waals surface area contributed by atoms with Gasteiger partial charge in [0.1, 0.15) is 24.6 Å². The number of hydrogen-bond donors (Lipinski definition) is 2. The fraction of sp³-hybridized carbons (Fsp3) is 0.600. The van der Waals surface area contributed by atoms with Crippen molar-refractivity contribution in [3.63, 3.8) is 0 Å². The van der Waals surface area contributed by atoms with Gasteiger partial charge in [-0.25, -0.2) is 4.79 Å². The van der Waals surface area contributed by atoms with Gasteiger partial charge < -0.3 is 25.1 Å². The van der Waals surface area contributed by atoms with Crippen molar-refractivity contribution in [1.82, 2.24) is 9.55 Å². The molecular formula is C15H21N3O7. The standard InChI is InChI=1S/C15H21N3O7/c1-4-10(20)23-6-9-12(24-8(3)19)11(21)14(25-9)18-5-7(2)13(16)17-15(18)22/h5,9,11-12,14,21H,4,6H2,1-3H3,(H2,16,17,22)/t9-,11+,12-,14-/m1/s1. The van der Waals surface area contributed by atoms with E-state index in [1.807, 2.05) is 0 Å². The molecule has 3 N–H and O–H groups in total. The van der Waals surface area contributed by atoms with Gasteiger partial charge in [-0.3, -0.25) is 14.2 Å². The predicted octanol–water partition coefficient (Wildman–Crippen LogP) is -0.723. The predicted molar refractivity (Wildman–Crippen MR) is 84.4 cm³/mol. The average Bonchev–Trinajstić information content (AvgIpc) is 2.84. The molecule has 25 heavy (non-hydrogen) atoms. The molecule has 2 rings (SSSR count). The van der Waals surface area contributed by atoms with Gasteiger partial charge in [0.25, 0.3) is 0 Å². The van der Waals surface area contributed by atoms with Gasteiger partial charge in [-0.05, 0) is 6.92 Å². The van der Waals surface area contributed by atoms with E-state index < -0.39 is 42.2 Å². The SMILES string of the molecule is CCC(=O)OC[C@H]1O[C@@H](n2cc(C)c(N)nc2=O)[C@@H](O)[C@@H]1OC(C)=O. The minimum atomic E-state index is -1.35. The summed E-state index contributed by atoms with van der Waals surface area (Å²) in [5.41, 5.74) is 5.38. The number of carbonyl (C=O) groups excluding carboxylic acids is 2. The molecule has 0 saturated carbocycles. The first-order valence-corrected chi connectivity index (χ1v) is 7.76. The zero-order valence-corrected chi connectivity index (χ0v) is 14.2. The third-order valence-corrected chi connectivity index (χ3v) is 3.76. The highest BCUT2D eigenvalue weighted by molar-refractivity contribution is 5.69. The summed E-state index contributed by atoms with van der Waals surface area (Å²) in [4.78, 5) is 38.4. The molecule has 4 atom stereocenters. The van der Waals surface area contributed by atoms with Gasteiger partial charge in [0.05, 0.1) is 0 Å². The number of nitrogens with zero attached hydrogens (tertiary/aromatic N) is 2. The van der Waals surface area contributed by atoms with Crippen LogP contribution in [0.25, 0.3) is 0 Å². The Bertz CT molecular complexity index is 718. The summed E-state index contributed by atoms with van der Waals surface area (Å²) in [5.74, 6) is -1.04. The van der Waals surface area contributed by atoms with Gasteiger partial charge in [0, 0.05) is 25.1 Å². The van der Waals surface area contributed by atoms with Crippen LogP contribution < -0.4 is 11.4 Å². The minimum Gasteiger partial charge on any atom is -0.463 e. The highest BCUT2D eigenvalue weighted by Crippen LogP contribution is 2.31. The molecule has 0 radical (unpaired) electrons. The molecule has 138 valence electrons. The summed E-state index contributed by atoms with van der Waals surface area (Å²) in [6.45, 7) is 4.22. The summed E-state index contributed by atoms with van der Waals surface area (Å²) in [6.07, 6.45) is -2.98. The second-order valence-corrected chi connectivity index (χ2v) is 5.67. The average molecular weight is 355 g/mol. The molecular weight excluding hydrogens is 334 g/mol. The van der Waals surface area contributed by atoms with E-state index in [2.05, 4.69) is 4.98 Å². The number of aromatic nitrogens is 2. The number of nitrogens with two attached hydrogens (primary N) is 1. The molecule has 0 amide bonds. The Morgan fingerprint density at radius 2 is 2.16 bits per heavy atom. The summed E-state index contributed by atoms with van der Waals surface area (Å²) in [7, 11) is 0. The van der Waals surface area contributed by atoms with Crippen molar-refractivity contribution in [2.24, 2.45) is 0 Å². The fourth-order valence-corrected chi connectivity index (χ4v) is 2.46. The highest BCUT2D eigenvalue weighted by Gasteiger charge is 2.47. The molecule has 1 saturated heterocycles. The molecule has 1 aromatic rings. The Morgan fingerprint density at radius 1 is 1.48 bits per heavy atom. The van der Waals surface area contributed by atoms with Crippen molar-refractivity contribution in [2.75, 3.05) is 12.3 Å². The van der Waals surface area contributed by atoms with Crippen molar-refractivity contribution in [3.05, 3.63) is 22.2 Å². The lowest BCUT2D eigenvalue weighted by atomic mass is 10.1.